The van der Waals surface area contributed by atoms with Gasteiger partial charge in [0.05, 0.1) is 39.6 Å². The van der Waals surface area contributed by atoms with E-state index in [1.54, 1.807) is 11.0 Å². The number of benzene rings is 2. The second kappa shape index (κ2) is 8.06. The highest BCUT2D eigenvalue weighted by Crippen LogP contribution is 2.41. The topological polar surface area (TPSA) is 82.9 Å². The molecule has 0 spiro atoms. The van der Waals surface area contributed by atoms with Crippen LogP contribution in [0.25, 0.3) is 10.9 Å². The molecule has 0 unspecified atom stereocenters. The highest BCUT2D eigenvalue weighted by Gasteiger charge is 2.22. The summed E-state index contributed by atoms with van der Waals surface area (Å²) < 4.78 is 17.7. The average Bonchev–Trinajstić information content (AvgIpc) is 3.20. The molecule has 2 aromatic carbocycles. The number of carbonyl (C=O) groups excluding carboxylic acids is 1. The Hall–Kier alpha value is -3.55. The van der Waals surface area contributed by atoms with E-state index in [-0.39, 0.29) is 11.5 Å². The van der Waals surface area contributed by atoms with Gasteiger partial charge in [-0.1, -0.05) is 12.1 Å². The van der Waals surface area contributed by atoms with Crippen LogP contribution in [-0.4, -0.2) is 43.3 Å². The lowest BCUT2D eigenvalue weighted by Crippen LogP contribution is -2.24. The molecule has 8 heteroatoms. The van der Waals surface area contributed by atoms with E-state index in [4.69, 9.17) is 14.2 Å². The fourth-order valence-corrected chi connectivity index (χ4v) is 3.78. The molecule has 4 rings (SSSR count). The van der Waals surface area contributed by atoms with Crippen LogP contribution in [-0.2, 0) is 11.3 Å². The molecule has 0 N–H and O–H groups in total. The van der Waals surface area contributed by atoms with E-state index in [0.717, 1.165) is 24.2 Å². The number of hydrogen-bond acceptors (Lipinski definition) is 6. The van der Waals surface area contributed by atoms with E-state index in [1.807, 2.05) is 24.3 Å². The Morgan fingerprint density at radius 3 is 2.33 bits per heavy atom. The third kappa shape index (κ3) is 3.34. The van der Waals surface area contributed by atoms with Gasteiger partial charge >= 0.3 is 0 Å². The molecule has 1 saturated heterocycles. The molecule has 8 nitrogen and oxygen atoms in total. The molecule has 156 valence electrons. The van der Waals surface area contributed by atoms with Crippen molar-refractivity contribution in [3.63, 3.8) is 0 Å². The van der Waals surface area contributed by atoms with Crippen molar-refractivity contribution >= 4 is 22.5 Å². The number of hydrogen-bond donors (Lipinski definition) is 0. The molecule has 2 heterocycles. The molecule has 1 amide bonds. The molecular formula is C22H23N3O5. The highest BCUT2D eigenvalue weighted by atomic mass is 16.5. The van der Waals surface area contributed by atoms with Crippen molar-refractivity contribution < 1.29 is 19.0 Å². The van der Waals surface area contributed by atoms with Crippen LogP contribution in [0.3, 0.4) is 0 Å². The zero-order valence-electron chi connectivity index (χ0n) is 17.2. The second-order valence-electron chi connectivity index (χ2n) is 7.03. The van der Waals surface area contributed by atoms with Crippen molar-refractivity contribution in [2.75, 3.05) is 32.8 Å². The summed E-state index contributed by atoms with van der Waals surface area (Å²) in [5.74, 6) is 1.30. The highest BCUT2D eigenvalue weighted by molar-refractivity contribution is 5.95. The number of ether oxygens (including phenoxy) is 3. The SMILES string of the molecule is COc1cc2c(=O)n(Cc3ccc(N4CCCC4=O)cc3)cnc2c(OC)c1OC. The minimum atomic E-state index is -0.210. The van der Waals surface area contributed by atoms with Crippen LogP contribution >= 0.6 is 0 Å². The maximum absolute atomic E-state index is 13.1. The van der Waals surface area contributed by atoms with Gasteiger partial charge in [-0.25, -0.2) is 4.98 Å². The first kappa shape index (κ1) is 19.8. The van der Waals surface area contributed by atoms with Crippen molar-refractivity contribution in [3.8, 4) is 17.2 Å². The molecule has 1 aromatic heterocycles. The van der Waals surface area contributed by atoms with Crippen LogP contribution in [0.5, 0.6) is 17.2 Å². The number of rotatable bonds is 6. The van der Waals surface area contributed by atoms with Gasteiger partial charge in [-0.2, -0.15) is 0 Å². The second-order valence-corrected chi connectivity index (χ2v) is 7.03. The average molecular weight is 409 g/mol. The van der Waals surface area contributed by atoms with Crippen molar-refractivity contribution in [1.82, 2.24) is 9.55 Å². The predicted octanol–water partition coefficient (Wildman–Crippen LogP) is 2.60. The number of anilines is 1. The monoisotopic (exact) mass is 409 g/mol. The van der Waals surface area contributed by atoms with E-state index in [9.17, 15) is 9.59 Å². The molecule has 1 aliphatic rings. The van der Waals surface area contributed by atoms with Crippen LogP contribution in [0.1, 0.15) is 18.4 Å². The van der Waals surface area contributed by atoms with Crippen LogP contribution in [0.2, 0.25) is 0 Å². The van der Waals surface area contributed by atoms with Gasteiger partial charge in [0.2, 0.25) is 11.7 Å². The summed E-state index contributed by atoms with van der Waals surface area (Å²) >= 11 is 0. The molecule has 0 radical (unpaired) electrons. The summed E-state index contributed by atoms with van der Waals surface area (Å²) in [6.45, 7) is 1.10. The number of amides is 1. The van der Waals surface area contributed by atoms with Crippen molar-refractivity contribution in [2.24, 2.45) is 0 Å². The molecule has 0 bridgehead atoms. The first-order valence-corrected chi connectivity index (χ1v) is 9.64. The molecule has 0 aliphatic carbocycles. The van der Waals surface area contributed by atoms with Gasteiger partial charge in [-0.05, 0) is 30.2 Å². The normalized spacial score (nSPS) is 13.7. The fourth-order valence-electron chi connectivity index (χ4n) is 3.78. The molecular weight excluding hydrogens is 386 g/mol. The Morgan fingerprint density at radius 2 is 1.73 bits per heavy atom. The maximum Gasteiger partial charge on any atom is 0.261 e. The quantitative estimate of drug-likeness (QED) is 0.622. The first-order chi connectivity index (χ1) is 14.6. The smallest absolute Gasteiger partial charge is 0.261 e. The van der Waals surface area contributed by atoms with Gasteiger partial charge in [0.25, 0.3) is 5.56 Å². The molecule has 1 aliphatic heterocycles. The third-order valence-corrected chi connectivity index (χ3v) is 5.30. The van der Waals surface area contributed by atoms with Gasteiger partial charge in [0.1, 0.15) is 5.52 Å². The number of methoxy groups -OCH3 is 3. The molecule has 30 heavy (non-hydrogen) atoms. The van der Waals surface area contributed by atoms with Gasteiger partial charge in [0, 0.05) is 18.7 Å². The summed E-state index contributed by atoms with van der Waals surface area (Å²) in [4.78, 5) is 31.2. The third-order valence-electron chi connectivity index (χ3n) is 5.30. The van der Waals surface area contributed by atoms with E-state index >= 15 is 0 Å². The minimum Gasteiger partial charge on any atom is -0.493 e. The number of nitrogens with zero attached hydrogens (tertiary/aromatic N) is 3. The summed E-state index contributed by atoms with van der Waals surface area (Å²) in [5.41, 5.74) is 2.02. The van der Waals surface area contributed by atoms with Crippen LogP contribution in [0.15, 0.2) is 41.5 Å². The predicted molar refractivity (Wildman–Crippen MR) is 113 cm³/mol. The van der Waals surface area contributed by atoms with E-state index in [2.05, 4.69) is 4.98 Å². The standard InChI is InChI=1S/C22H23N3O5/c1-28-17-11-16-19(21(30-3)20(17)29-2)23-13-24(22(16)27)12-14-6-8-15(9-7-14)25-10-4-5-18(25)26/h6-9,11,13H,4-5,10,12H2,1-3H3. The zero-order valence-corrected chi connectivity index (χ0v) is 17.2. The summed E-state index contributed by atoms with van der Waals surface area (Å²) in [7, 11) is 4.51. The molecule has 1 fully saturated rings. The Bertz CT molecular complexity index is 1150. The lowest BCUT2D eigenvalue weighted by atomic mass is 10.1. The summed E-state index contributed by atoms with van der Waals surface area (Å²) in [5, 5.41) is 0.381. The van der Waals surface area contributed by atoms with E-state index in [0.29, 0.717) is 41.1 Å². The molecule has 0 saturated carbocycles. The van der Waals surface area contributed by atoms with Gasteiger partial charge < -0.3 is 19.1 Å². The van der Waals surface area contributed by atoms with Crippen molar-refractivity contribution in [3.05, 3.63) is 52.6 Å². The van der Waals surface area contributed by atoms with Gasteiger partial charge in [-0.15, -0.1) is 0 Å². The Balaban J connectivity index is 1.69. The minimum absolute atomic E-state index is 0.149. The summed E-state index contributed by atoms with van der Waals surface area (Å²) in [6, 6.07) is 9.29. The van der Waals surface area contributed by atoms with E-state index in [1.165, 1.54) is 32.2 Å². The van der Waals surface area contributed by atoms with E-state index < -0.39 is 0 Å². The summed E-state index contributed by atoms with van der Waals surface area (Å²) in [6.07, 6.45) is 2.98. The van der Waals surface area contributed by atoms with Gasteiger partial charge in [0.15, 0.2) is 11.5 Å². The Labute approximate surface area is 173 Å². The van der Waals surface area contributed by atoms with Crippen molar-refractivity contribution in [1.29, 1.82) is 0 Å². The number of carbonyl (C=O) groups is 1. The van der Waals surface area contributed by atoms with Crippen LogP contribution in [0, 0.1) is 0 Å². The fraction of sp³-hybridized carbons (Fsp3) is 0.318. The van der Waals surface area contributed by atoms with Crippen LogP contribution in [0.4, 0.5) is 5.69 Å². The number of fused-ring (bicyclic) bond motifs is 1. The molecule has 3 aromatic rings. The lowest BCUT2D eigenvalue weighted by Gasteiger charge is -2.16. The molecule has 0 atom stereocenters. The Kier molecular flexibility index (Phi) is 5.31. The lowest BCUT2D eigenvalue weighted by molar-refractivity contribution is -0.117. The number of aromatic nitrogens is 2. The zero-order chi connectivity index (χ0) is 21.3. The van der Waals surface area contributed by atoms with Gasteiger partial charge in [-0.3, -0.25) is 14.2 Å². The first-order valence-electron chi connectivity index (χ1n) is 9.64. The van der Waals surface area contributed by atoms with Crippen molar-refractivity contribution in [2.45, 2.75) is 19.4 Å². The maximum atomic E-state index is 13.1. The Morgan fingerprint density at radius 1 is 1.00 bits per heavy atom. The van der Waals surface area contributed by atoms with Crippen LogP contribution < -0.4 is 24.7 Å². The largest absolute Gasteiger partial charge is 0.493 e.